The molecule has 0 unspecified atom stereocenters. The lowest BCUT2D eigenvalue weighted by Crippen LogP contribution is -2.41. The third-order valence-corrected chi connectivity index (χ3v) is 2.60. The Morgan fingerprint density at radius 2 is 2.11 bits per heavy atom. The molecule has 0 aliphatic heterocycles. The van der Waals surface area contributed by atoms with Crippen LogP contribution in [0.4, 0.5) is 4.79 Å². The molecule has 0 aromatic carbocycles. The first kappa shape index (κ1) is 15.1. The predicted octanol–water partition coefficient (Wildman–Crippen LogP) is 2.62. The number of alkyl carbamates (subject to hydrolysis) is 1. The lowest BCUT2D eigenvalue weighted by atomic mass is 10.1. The molecule has 104 valence electrons. The summed E-state index contributed by atoms with van der Waals surface area (Å²) in [6, 6.07) is -0.441. The van der Waals surface area contributed by atoms with Crippen molar-refractivity contribution in [2.24, 2.45) is 0 Å². The van der Waals surface area contributed by atoms with E-state index in [-0.39, 0.29) is 5.76 Å². The van der Waals surface area contributed by atoms with Crippen molar-refractivity contribution in [2.75, 3.05) is 6.54 Å². The summed E-state index contributed by atoms with van der Waals surface area (Å²) in [7, 11) is 0. The van der Waals surface area contributed by atoms with Crippen molar-refractivity contribution in [1.82, 2.24) is 10.2 Å². The molecule has 0 bridgehead atoms. The molecule has 1 atom stereocenters. The molecule has 3 N–H and O–H groups in total. The standard InChI is InChI=1S/C12H21ClN2O3/c1-12(2,3)18-11(17)15-9(6-7-14-13)10(16)8-4-5-8/h9,14,16H,4-7H2,1-3H3,(H,15,17)/t9-/m0/s1. The Morgan fingerprint density at radius 1 is 1.50 bits per heavy atom. The molecule has 1 aliphatic rings. The third-order valence-electron chi connectivity index (χ3n) is 2.41. The van der Waals surface area contributed by atoms with Crippen molar-refractivity contribution in [3.05, 3.63) is 11.3 Å². The van der Waals surface area contributed by atoms with Crippen LogP contribution in [0.15, 0.2) is 11.3 Å². The number of ether oxygens (including phenoxy) is 1. The average Bonchev–Trinajstić information content (AvgIpc) is 3.04. The third kappa shape index (κ3) is 5.60. The number of carbonyl (C=O) groups excluding carboxylic acids is 1. The van der Waals surface area contributed by atoms with E-state index in [0.717, 1.165) is 18.4 Å². The number of allylic oxidation sites excluding steroid dienone is 1. The fraction of sp³-hybridized carbons (Fsp3) is 0.750. The number of hydrogen-bond acceptors (Lipinski definition) is 4. The lowest BCUT2D eigenvalue weighted by Gasteiger charge is -2.23. The van der Waals surface area contributed by atoms with Crippen LogP contribution in [0.3, 0.4) is 0 Å². The average molecular weight is 277 g/mol. The van der Waals surface area contributed by atoms with Crippen LogP contribution in [-0.2, 0) is 4.74 Å². The fourth-order valence-corrected chi connectivity index (χ4v) is 1.60. The van der Waals surface area contributed by atoms with Crippen LogP contribution in [0.2, 0.25) is 0 Å². The lowest BCUT2D eigenvalue weighted by molar-refractivity contribution is 0.0499. The van der Waals surface area contributed by atoms with E-state index in [2.05, 4.69) is 10.2 Å². The maximum absolute atomic E-state index is 11.7. The number of rotatable bonds is 5. The van der Waals surface area contributed by atoms with Gasteiger partial charge in [-0.05, 0) is 57.4 Å². The van der Waals surface area contributed by atoms with Crippen LogP contribution in [0.1, 0.15) is 40.0 Å². The molecule has 1 aliphatic carbocycles. The normalized spacial score (nSPS) is 16.1. The van der Waals surface area contributed by atoms with Gasteiger partial charge in [0, 0.05) is 6.54 Å². The first-order valence-corrected chi connectivity index (χ1v) is 6.45. The number of carbonyl (C=O) groups is 1. The Kier molecular flexibility index (Phi) is 5.28. The number of nitrogens with one attached hydrogen (secondary N) is 2. The van der Waals surface area contributed by atoms with Crippen molar-refractivity contribution in [3.63, 3.8) is 0 Å². The van der Waals surface area contributed by atoms with Crippen molar-refractivity contribution in [2.45, 2.75) is 51.7 Å². The van der Waals surface area contributed by atoms with Gasteiger partial charge in [0.2, 0.25) is 0 Å². The molecule has 0 spiro atoms. The van der Waals surface area contributed by atoms with E-state index in [1.54, 1.807) is 20.8 Å². The van der Waals surface area contributed by atoms with Crippen LogP contribution in [0.5, 0.6) is 0 Å². The van der Waals surface area contributed by atoms with Crippen LogP contribution in [0, 0.1) is 0 Å². The number of aliphatic hydroxyl groups excluding tert-OH is 1. The van der Waals surface area contributed by atoms with Crippen molar-refractivity contribution in [1.29, 1.82) is 0 Å². The van der Waals surface area contributed by atoms with E-state index in [1.165, 1.54) is 0 Å². The summed E-state index contributed by atoms with van der Waals surface area (Å²) < 4.78 is 5.16. The Labute approximate surface area is 113 Å². The number of amides is 1. The molecule has 6 heteroatoms. The van der Waals surface area contributed by atoms with Gasteiger partial charge in [-0.1, -0.05) is 0 Å². The van der Waals surface area contributed by atoms with Gasteiger partial charge in [-0.2, -0.15) is 0 Å². The molecule has 0 aromatic heterocycles. The number of aliphatic hydroxyl groups is 1. The van der Waals surface area contributed by atoms with E-state index >= 15 is 0 Å². The molecule has 1 rings (SSSR count). The highest BCUT2D eigenvalue weighted by Gasteiger charge is 2.26. The zero-order valence-corrected chi connectivity index (χ0v) is 11.8. The van der Waals surface area contributed by atoms with Gasteiger partial charge >= 0.3 is 6.09 Å². The quantitative estimate of drug-likeness (QED) is 0.533. The highest BCUT2D eigenvalue weighted by Crippen LogP contribution is 2.32. The van der Waals surface area contributed by atoms with E-state index in [1.807, 2.05) is 0 Å². The maximum Gasteiger partial charge on any atom is 0.408 e. The number of halogens is 1. The molecule has 0 aromatic rings. The molecule has 1 saturated carbocycles. The highest BCUT2D eigenvalue weighted by atomic mass is 35.5. The molecule has 1 amide bonds. The number of hydrogen-bond donors (Lipinski definition) is 3. The first-order chi connectivity index (χ1) is 8.33. The minimum absolute atomic E-state index is 0.243. The van der Waals surface area contributed by atoms with E-state index in [0.29, 0.717) is 13.0 Å². The molecule has 0 radical (unpaired) electrons. The second-order valence-corrected chi connectivity index (χ2v) is 5.63. The summed E-state index contributed by atoms with van der Waals surface area (Å²) >= 11 is 5.40. The molecule has 0 saturated heterocycles. The minimum atomic E-state index is -0.554. The van der Waals surface area contributed by atoms with Crippen LogP contribution >= 0.6 is 11.8 Å². The zero-order chi connectivity index (χ0) is 13.8. The second-order valence-electron chi connectivity index (χ2n) is 5.36. The topological polar surface area (TPSA) is 70.6 Å². The molecule has 5 nitrogen and oxygen atoms in total. The minimum Gasteiger partial charge on any atom is -0.510 e. The first-order valence-electron chi connectivity index (χ1n) is 6.07. The van der Waals surface area contributed by atoms with Gasteiger partial charge in [0.15, 0.2) is 0 Å². The molecular weight excluding hydrogens is 256 g/mol. The van der Waals surface area contributed by atoms with Gasteiger partial charge in [-0.3, -0.25) is 0 Å². The smallest absolute Gasteiger partial charge is 0.408 e. The highest BCUT2D eigenvalue weighted by molar-refractivity contribution is 6.13. The summed E-state index contributed by atoms with van der Waals surface area (Å²) in [5.74, 6) is 0.243. The van der Waals surface area contributed by atoms with Crippen LogP contribution < -0.4 is 10.2 Å². The Morgan fingerprint density at radius 3 is 2.56 bits per heavy atom. The fourth-order valence-electron chi connectivity index (χ4n) is 1.49. The van der Waals surface area contributed by atoms with Gasteiger partial charge in [-0.15, -0.1) is 0 Å². The summed E-state index contributed by atoms with van der Waals surface area (Å²) in [4.78, 5) is 14.1. The van der Waals surface area contributed by atoms with Gasteiger partial charge in [-0.25, -0.2) is 9.63 Å². The maximum atomic E-state index is 11.7. The van der Waals surface area contributed by atoms with Crippen molar-refractivity contribution in [3.8, 4) is 0 Å². The van der Waals surface area contributed by atoms with E-state index < -0.39 is 17.7 Å². The zero-order valence-electron chi connectivity index (χ0n) is 11.0. The Balaban J connectivity index is 2.56. The molecule has 18 heavy (non-hydrogen) atoms. The SMILES string of the molecule is CC(C)(C)OC(=O)N[C@@H](CCNCl)C(O)=C1CC1. The summed E-state index contributed by atoms with van der Waals surface area (Å²) in [5.41, 5.74) is 0.437. The molecule has 0 heterocycles. The largest absolute Gasteiger partial charge is 0.510 e. The van der Waals surface area contributed by atoms with Gasteiger partial charge in [0.1, 0.15) is 11.4 Å². The molecule has 1 fully saturated rings. The van der Waals surface area contributed by atoms with Crippen molar-refractivity contribution >= 4 is 17.9 Å². The second kappa shape index (κ2) is 6.29. The summed E-state index contributed by atoms with van der Waals surface area (Å²) in [5, 5.41) is 12.6. The summed E-state index contributed by atoms with van der Waals surface area (Å²) in [6.45, 7) is 5.86. The molecular formula is C12H21ClN2O3. The van der Waals surface area contributed by atoms with E-state index in [9.17, 15) is 9.90 Å². The van der Waals surface area contributed by atoms with Crippen LogP contribution in [-0.4, -0.2) is 29.4 Å². The summed E-state index contributed by atoms with van der Waals surface area (Å²) in [6.07, 6.45) is 1.77. The van der Waals surface area contributed by atoms with Gasteiger partial charge < -0.3 is 15.2 Å². The van der Waals surface area contributed by atoms with Gasteiger partial charge in [0.25, 0.3) is 0 Å². The van der Waals surface area contributed by atoms with Crippen molar-refractivity contribution < 1.29 is 14.6 Å². The van der Waals surface area contributed by atoms with Crippen LogP contribution in [0.25, 0.3) is 0 Å². The van der Waals surface area contributed by atoms with Gasteiger partial charge in [0.05, 0.1) is 6.04 Å². The Bertz CT molecular complexity index is 331. The Hall–Kier alpha value is -0.940. The monoisotopic (exact) mass is 276 g/mol. The van der Waals surface area contributed by atoms with E-state index in [4.69, 9.17) is 16.5 Å². The predicted molar refractivity (Wildman–Crippen MR) is 70.5 cm³/mol.